The Kier molecular flexibility index (Phi) is 8.38. The van der Waals surface area contributed by atoms with E-state index in [2.05, 4.69) is 77.4 Å². The summed E-state index contributed by atoms with van der Waals surface area (Å²) >= 11 is 3.94. The predicted molar refractivity (Wildman–Crippen MR) is 144 cm³/mol. The zero-order valence-corrected chi connectivity index (χ0v) is 19.8. The maximum atomic E-state index is 11.6. The fraction of sp³-hybridized carbons (Fsp3) is 0.138. The molecule has 5 heteroatoms. The van der Waals surface area contributed by atoms with Gasteiger partial charge in [0.05, 0.1) is 18.8 Å². The van der Waals surface area contributed by atoms with Gasteiger partial charge < -0.3 is 15.0 Å². The molecule has 4 nitrogen and oxygen atoms in total. The minimum atomic E-state index is -0.206. The van der Waals surface area contributed by atoms with Crippen molar-refractivity contribution in [2.24, 2.45) is 0 Å². The summed E-state index contributed by atoms with van der Waals surface area (Å²) in [7, 11) is 0. The first-order chi connectivity index (χ1) is 16.7. The third kappa shape index (κ3) is 6.50. The van der Waals surface area contributed by atoms with Crippen molar-refractivity contribution in [1.29, 1.82) is 0 Å². The largest absolute Gasteiger partial charge is 0.378 e. The van der Waals surface area contributed by atoms with Gasteiger partial charge in [-0.1, -0.05) is 84.9 Å². The van der Waals surface area contributed by atoms with E-state index in [1.54, 1.807) is 0 Å². The number of carbonyl (C=O) groups excluding carboxylic acids is 1. The van der Waals surface area contributed by atoms with Crippen LogP contribution in [0.3, 0.4) is 0 Å². The summed E-state index contributed by atoms with van der Waals surface area (Å²) in [6.45, 7) is 3.05. The lowest BCUT2D eigenvalue weighted by Crippen LogP contribution is -2.32. The van der Waals surface area contributed by atoms with Gasteiger partial charge in [0.25, 0.3) is 0 Å². The van der Waals surface area contributed by atoms with Gasteiger partial charge in [-0.05, 0) is 29.1 Å². The molecule has 0 saturated carbocycles. The van der Waals surface area contributed by atoms with Gasteiger partial charge in [-0.25, -0.2) is 0 Å². The maximum Gasteiger partial charge on any atom is 0.218 e. The topological polar surface area (TPSA) is 41.6 Å². The molecule has 0 aliphatic carbocycles. The van der Waals surface area contributed by atoms with E-state index >= 15 is 0 Å². The van der Waals surface area contributed by atoms with E-state index in [4.69, 9.17) is 4.74 Å². The number of thiol groups is 1. The fourth-order valence-electron chi connectivity index (χ4n) is 3.77. The molecule has 1 aliphatic heterocycles. The Balaban J connectivity index is 0.000000161. The van der Waals surface area contributed by atoms with Crippen LogP contribution in [0.1, 0.15) is 5.56 Å². The number of carbonyl (C=O) groups is 1. The van der Waals surface area contributed by atoms with E-state index in [1.807, 2.05) is 54.7 Å². The zero-order valence-electron chi connectivity index (χ0n) is 18.9. The Hall–Kier alpha value is -3.54. The lowest BCUT2D eigenvalue weighted by molar-refractivity contribution is -0.106. The normalized spacial score (nSPS) is 13.7. The van der Waals surface area contributed by atoms with Gasteiger partial charge in [0.1, 0.15) is 0 Å². The summed E-state index contributed by atoms with van der Waals surface area (Å²) in [6, 6.07) is 34.5. The highest BCUT2D eigenvalue weighted by molar-refractivity contribution is 7.98. The summed E-state index contributed by atoms with van der Waals surface area (Å²) in [4.78, 5) is 13.7. The van der Waals surface area contributed by atoms with Crippen molar-refractivity contribution in [3.63, 3.8) is 0 Å². The van der Waals surface area contributed by atoms with E-state index in [1.165, 1.54) is 10.8 Å². The van der Waals surface area contributed by atoms with E-state index in [0.717, 1.165) is 30.0 Å². The van der Waals surface area contributed by atoms with E-state index in [0.29, 0.717) is 18.8 Å². The molecule has 1 fully saturated rings. The van der Waals surface area contributed by atoms with Crippen molar-refractivity contribution in [3.8, 4) is 0 Å². The number of fused-ring (bicyclic) bond motifs is 1. The van der Waals surface area contributed by atoms with E-state index in [9.17, 15) is 4.79 Å². The molecule has 0 spiro atoms. The number of nitrogens with zero attached hydrogens (tertiary/aromatic N) is 1. The Labute approximate surface area is 206 Å². The molecule has 34 heavy (non-hydrogen) atoms. The van der Waals surface area contributed by atoms with E-state index < -0.39 is 0 Å². The molecule has 1 aliphatic rings. The molecule has 5 rings (SSSR count). The van der Waals surface area contributed by atoms with Gasteiger partial charge in [0.15, 0.2) is 0 Å². The molecule has 0 atom stereocenters. The zero-order chi connectivity index (χ0) is 23.6. The first-order valence-electron chi connectivity index (χ1n) is 11.3. The third-order valence-corrected chi connectivity index (χ3v) is 5.76. The molecule has 172 valence electrons. The van der Waals surface area contributed by atoms with Crippen molar-refractivity contribution in [2.45, 2.75) is 0 Å². The molecule has 1 N–H and O–H groups in total. The first-order valence-corrected chi connectivity index (χ1v) is 11.8. The van der Waals surface area contributed by atoms with Crippen molar-refractivity contribution in [1.82, 2.24) is 4.90 Å². The molecule has 4 aromatic carbocycles. The Morgan fingerprint density at radius 3 is 2.12 bits per heavy atom. The molecule has 1 saturated heterocycles. The Bertz CT molecular complexity index is 1230. The highest BCUT2D eigenvalue weighted by Gasteiger charge is 2.12. The van der Waals surface area contributed by atoms with Crippen LogP contribution < -0.4 is 5.32 Å². The standard InChI is InChI=1S/C16H13N.C13H15NO2S/c1-2-9-14(10-3-1)17-16-12-6-8-13-7-4-5-11-15(13)16;15-13(17)12(11-4-2-1-3-5-11)10-14-6-8-16-9-7-14/h1-12,17H;1-5,10H,6-9H2,(H,15,17). The summed E-state index contributed by atoms with van der Waals surface area (Å²) in [5, 5.41) is 5.75. The summed E-state index contributed by atoms with van der Waals surface area (Å²) in [5.41, 5.74) is 3.80. The molecule has 4 aromatic rings. The second-order valence-corrected chi connectivity index (χ2v) is 8.29. The second-order valence-electron chi connectivity index (χ2n) is 7.88. The van der Waals surface area contributed by atoms with Gasteiger partial charge in [-0.2, -0.15) is 0 Å². The lowest BCUT2D eigenvalue weighted by Gasteiger charge is -2.26. The highest BCUT2D eigenvalue weighted by atomic mass is 32.1. The van der Waals surface area contributed by atoms with Gasteiger partial charge >= 0.3 is 0 Å². The first kappa shape index (κ1) is 23.6. The van der Waals surface area contributed by atoms with Crippen LogP contribution in [0.25, 0.3) is 16.3 Å². The number of hydrogen-bond acceptors (Lipinski definition) is 4. The van der Waals surface area contributed by atoms with Gasteiger partial charge in [0, 0.05) is 36.1 Å². The highest BCUT2D eigenvalue weighted by Crippen LogP contribution is 2.26. The smallest absolute Gasteiger partial charge is 0.218 e. The summed E-state index contributed by atoms with van der Waals surface area (Å²) < 4.78 is 5.27. The van der Waals surface area contributed by atoms with E-state index in [-0.39, 0.29) is 5.12 Å². The number of rotatable bonds is 5. The second kappa shape index (κ2) is 12.1. The van der Waals surface area contributed by atoms with Crippen LogP contribution in [0, 0.1) is 0 Å². The quantitative estimate of drug-likeness (QED) is 0.263. The number of nitrogens with one attached hydrogen (secondary N) is 1. The van der Waals surface area contributed by atoms with Gasteiger partial charge in [-0.15, -0.1) is 12.6 Å². The molecular formula is C29H28N2O2S. The minimum Gasteiger partial charge on any atom is -0.378 e. The van der Waals surface area contributed by atoms with Crippen LogP contribution in [-0.2, 0) is 9.53 Å². The molecule has 0 bridgehead atoms. The van der Waals surface area contributed by atoms with Crippen molar-refractivity contribution in [2.75, 3.05) is 31.6 Å². The monoisotopic (exact) mass is 468 g/mol. The van der Waals surface area contributed by atoms with Crippen molar-refractivity contribution < 1.29 is 9.53 Å². The van der Waals surface area contributed by atoms with Crippen LogP contribution in [0.2, 0.25) is 0 Å². The molecular weight excluding hydrogens is 440 g/mol. The number of benzene rings is 4. The predicted octanol–water partition coefficient (Wildman–Crippen LogP) is 6.40. The molecule has 0 radical (unpaired) electrons. The van der Waals surface area contributed by atoms with Crippen LogP contribution >= 0.6 is 12.6 Å². The van der Waals surface area contributed by atoms with Crippen molar-refractivity contribution in [3.05, 3.63) is 115 Å². The average Bonchev–Trinajstić information content (AvgIpc) is 2.89. The Morgan fingerprint density at radius 1 is 0.794 bits per heavy atom. The molecule has 0 amide bonds. The van der Waals surface area contributed by atoms with Crippen LogP contribution in [0.4, 0.5) is 11.4 Å². The average molecular weight is 469 g/mol. The minimum absolute atomic E-state index is 0.206. The van der Waals surface area contributed by atoms with Crippen LogP contribution in [-0.4, -0.2) is 36.3 Å². The number of anilines is 2. The number of ether oxygens (including phenoxy) is 1. The third-order valence-electron chi connectivity index (χ3n) is 5.51. The molecule has 1 heterocycles. The number of hydrogen-bond donors (Lipinski definition) is 2. The summed E-state index contributed by atoms with van der Waals surface area (Å²) in [6.07, 6.45) is 1.88. The van der Waals surface area contributed by atoms with Crippen LogP contribution in [0.15, 0.2) is 109 Å². The van der Waals surface area contributed by atoms with Gasteiger partial charge in [-0.3, -0.25) is 4.79 Å². The fourth-order valence-corrected chi connectivity index (χ4v) is 3.96. The SMILES string of the molecule is O=C(S)C(=CN1CCOCC1)c1ccccc1.c1ccc(Nc2cccc3ccccc23)cc1. The maximum absolute atomic E-state index is 11.6. The lowest BCUT2D eigenvalue weighted by atomic mass is 10.1. The Morgan fingerprint density at radius 2 is 1.41 bits per heavy atom. The number of para-hydroxylation sites is 1. The van der Waals surface area contributed by atoms with Crippen LogP contribution in [0.5, 0.6) is 0 Å². The summed E-state index contributed by atoms with van der Waals surface area (Å²) in [5.74, 6) is 0. The number of morpholine rings is 1. The van der Waals surface area contributed by atoms with Crippen molar-refractivity contribution >= 4 is 45.5 Å². The molecule has 0 aromatic heterocycles. The van der Waals surface area contributed by atoms with Gasteiger partial charge in [0.2, 0.25) is 5.12 Å². The molecule has 0 unspecified atom stereocenters.